The van der Waals surface area contributed by atoms with E-state index in [9.17, 15) is 14.4 Å². The molecule has 1 fully saturated rings. The van der Waals surface area contributed by atoms with Crippen molar-refractivity contribution in [1.82, 2.24) is 19.0 Å². The zero-order valence-electron chi connectivity index (χ0n) is 22.6. The van der Waals surface area contributed by atoms with Crippen molar-refractivity contribution in [3.05, 3.63) is 81.0 Å². The first-order chi connectivity index (χ1) is 18.9. The van der Waals surface area contributed by atoms with Gasteiger partial charge in [-0.1, -0.05) is 25.1 Å². The second-order valence-electron chi connectivity index (χ2n) is 9.95. The number of fused-ring (bicyclic) bond motifs is 1. The van der Waals surface area contributed by atoms with Crippen LogP contribution in [0.5, 0.6) is 11.5 Å². The van der Waals surface area contributed by atoms with Crippen LogP contribution in [0.1, 0.15) is 37.7 Å². The standard InChI is InChI=1S/C30H34N4O5/c1-4-15-34-25-18-24(31-28(25)29(36)32(2)30(34)37)21-9-11-22(12-10-21)39-19-27(35)33-16-13-20(14-17-33)23-7-5-6-8-26(23)38-3/h5-12,18,20,31H,4,13-17,19H2,1-3H3. The van der Waals surface area contributed by atoms with E-state index in [0.717, 1.165) is 40.8 Å². The van der Waals surface area contributed by atoms with Crippen molar-refractivity contribution in [3.8, 4) is 22.8 Å². The van der Waals surface area contributed by atoms with E-state index in [2.05, 4.69) is 11.1 Å². The van der Waals surface area contributed by atoms with Crippen LogP contribution in [-0.4, -0.2) is 51.7 Å². The van der Waals surface area contributed by atoms with Crippen LogP contribution in [0.15, 0.2) is 64.2 Å². The highest BCUT2D eigenvalue weighted by molar-refractivity contribution is 5.82. The molecule has 2 aromatic heterocycles. The van der Waals surface area contributed by atoms with Crippen LogP contribution >= 0.6 is 0 Å². The van der Waals surface area contributed by atoms with Gasteiger partial charge in [-0.2, -0.15) is 0 Å². The molecular formula is C30H34N4O5. The molecule has 0 aliphatic carbocycles. The zero-order chi connectivity index (χ0) is 27.5. The number of rotatable bonds is 8. The second-order valence-corrected chi connectivity index (χ2v) is 9.95. The minimum absolute atomic E-state index is 0.0234. The van der Waals surface area contributed by atoms with Crippen molar-refractivity contribution in [2.75, 3.05) is 26.8 Å². The average molecular weight is 531 g/mol. The molecular weight excluding hydrogens is 496 g/mol. The fourth-order valence-corrected chi connectivity index (χ4v) is 5.36. The normalized spacial score (nSPS) is 14.1. The average Bonchev–Trinajstić information content (AvgIpc) is 3.43. The van der Waals surface area contributed by atoms with E-state index in [0.29, 0.717) is 42.3 Å². The summed E-state index contributed by atoms with van der Waals surface area (Å²) in [5.74, 6) is 1.84. The van der Waals surface area contributed by atoms with Gasteiger partial charge in [0.05, 0.1) is 12.6 Å². The number of hydrogen-bond donors (Lipinski definition) is 1. The van der Waals surface area contributed by atoms with Gasteiger partial charge in [0.25, 0.3) is 11.5 Å². The maximum absolute atomic E-state index is 12.8. The van der Waals surface area contributed by atoms with Gasteiger partial charge in [-0.15, -0.1) is 0 Å². The Balaban J connectivity index is 1.22. The number of amides is 1. The Labute approximate surface area is 226 Å². The Morgan fingerprint density at radius 1 is 1.05 bits per heavy atom. The minimum Gasteiger partial charge on any atom is -0.496 e. The van der Waals surface area contributed by atoms with Crippen molar-refractivity contribution in [2.45, 2.75) is 38.6 Å². The van der Waals surface area contributed by atoms with E-state index in [1.54, 1.807) is 23.8 Å². The van der Waals surface area contributed by atoms with Crippen LogP contribution in [0, 0.1) is 0 Å². The lowest BCUT2D eigenvalue weighted by atomic mass is 9.89. The number of H-pyrrole nitrogens is 1. The molecule has 0 bridgehead atoms. The molecule has 5 rings (SSSR count). The number of carbonyl (C=O) groups excluding carboxylic acids is 1. The summed E-state index contributed by atoms with van der Waals surface area (Å²) in [6.07, 6.45) is 2.55. The largest absolute Gasteiger partial charge is 0.496 e. The number of methoxy groups -OCH3 is 1. The predicted molar refractivity (Wildman–Crippen MR) is 151 cm³/mol. The number of aryl methyl sites for hydroxylation is 1. The number of nitrogens with zero attached hydrogens (tertiary/aromatic N) is 3. The van der Waals surface area contributed by atoms with Crippen molar-refractivity contribution in [3.63, 3.8) is 0 Å². The molecule has 0 unspecified atom stereocenters. The Hall–Kier alpha value is -4.27. The Bertz CT molecular complexity index is 1590. The number of aromatic amines is 1. The van der Waals surface area contributed by atoms with Gasteiger partial charge < -0.3 is 19.4 Å². The van der Waals surface area contributed by atoms with E-state index in [-0.39, 0.29) is 23.8 Å². The van der Waals surface area contributed by atoms with Gasteiger partial charge in [0.1, 0.15) is 17.0 Å². The van der Waals surface area contributed by atoms with Gasteiger partial charge in [-0.25, -0.2) is 4.79 Å². The number of benzene rings is 2. The van der Waals surface area contributed by atoms with Crippen LogP contribution in [0.2, 0.25) is 0 Å². The third-order valence-electron chi connectivity index (χ3n) is 7.53. The smallest absolute Gasteiger partial charge is 0.331 e. The molecule has 39 heavy (non-hydrogen) atoms. The molecule has 0 spiro atoms. The van der Waals surface area contributed by atoms with Crippen LogP contribution in [-0.2, 0) is 18.4 Å². The molecule has 1 amide bonds. The van der Waals surface area contributed by atoms with Gasteiger partial charge in [0.15, 0.2) is 6.61 Å². The number of carbonyl (C=O) groups is 1. The summed E-state index contributed by atoms with van der Waals surface area (Å²) in [6, 6.07) is 17.3. The van der Waals surface area contributed by atoms with Gasteiger partial charge in [0, 0.05) is 32.4 Å². The Morgan fingerprint density at radius 2 is 1.77 bits per heavy atom. The van der Waals surface area contributed by atoms with E-state index >= 15 is 0 Å². The van der Waals surface area contributed by atoms with Crippen molar-refractivity contribution >= 4 is 16.9 Å². The summed E-state index contributed by atoms with van der Waals surface area (Å²) >= 11 is 0. The minimum atomic E-state index is -0.348. The lowest BCUT2D eigenvalue weighted by Gasteiger charge is -2.32. The second kappa shape index (κ2) is 11.2. The number of aromatic nitrogens is 3. The SMILES string of the molecule is CCCn1c(=O)n(C)c(=O)c2[nH]c(-c3ccc(OCC(=O)N4CCC(c5ccccc5OC)CC4)cc3)cc21. The molecule has 0 saturated carbocycles. The van der Waals surface area contributed by atoms with Crippen molar-refractivity contribution < 1.29 is 14.3 Å². The molecule has 1 N–H and O–H groups in total. The molecule has 0 atom stereocenters. The molecule has 4 aromatic rings. The predicted octanol–water partition coefficient (Wildman–Crippen LogP) is 3.90. The fraction of sp³-hybridized carbons (Fsp3) is 0.367. The Morgan fingerprint density at radius 3 is 2.46 bits per heavy atom. The quantitative estimate of drug-likeness (QED) is 0.373. The van der Waals surface area contributed by atoms with Crippen molar-refractivity contribution in [1.29, 1.82) is 0 Å². The van der Waals surface area contributed by atoms with E-state index in [4.69, 9.17) is 9.47 Å². The number of ether oxygens (including phenoxy) is 2. The van der Waals surface area contributed by atoms with Crippen LogP contribution in [0.3, 0.4) is 0 Å². The highest BCUT2D eigenvalue weighted by Crippen LogP contribution is 2.34. The zero-order valence-corrected chi connectivity index (χ0v) is 22.6. The lowest BCUT2D eigenvalue weighted by molar-refractivity contribution is -0.134. The summed E-state index contributed by atoms with van der Waals surface area (Å²) in [6.45, 7) is 3.87. The molecule has 1 aliphatic heterocycles. The summed E-state index contributed by atoms with van der Waals surface area (Å²) in [5, 5.41) is 0. The maximum Gasteiger partial charge on any atom is 0.331 e. The third kappa shape index (κ3) is 5.21. The van der Waals surface area contributed by atoms with Crippen LogP contribution in [0.4, 0.5) is 0 Å². The van der Waals surface area contributed by atoms with Gasteiger partial charge in [-0.05, 0) is 72.7 Å². The molecule has 1 aliphatic rings. The van der Waals surface area contributed by atoms with Gasteiger partial charge in [0.2, 0.25) is 0 Å². The number of hydrogen-bond acceptors (Lipinski definition) is 5. The first-order valence-electron chi connectivity index (χ1n) is 13.4. The van der Waals surface area contributed by atoms with Crippen LogP contribution in [0.25, 0.3) is 22.3 Å². The third-order valence-corrected chi connectivity index (χ3v) is 7.53. The molecule has 3 heterocycles. The summed E-state index contributed by atoms with van der Waals surface area (Å²) < 4.78 is 14.1. The highest BCUT2D eigenvalue weighted by Gasteiger charge is 2.25. The molecule has 9 nitrogen and oxygen atoms in total. The molecule has 9 heteroatoms. The molecule has 1 saturated heterocycles. The Kier molecular flexibility index (Phi) is 7.58. The van der Waals surface area contributed by atoms with E-state index in [1.165, 1.54) is 12.6 Å². The first kappa shape index (κ1) is 26.3. The summed E-state index contributed by atoms with van der Waals surface area (Å²) in [7, 11) is 3.18. The topological polar surface area (TPSA) is 98.6 Å². The summed E-state index contributed by atoms with van der Waals surface area (Å²) in [4.78, 5) is 43.1. The van der Waals surface area contributed by atoms with E-state index in [1.807, 2.05) is 48.2 Å². The number of nitrogens with one attached hydrogen (secondary N) is 1. The highest BCUT2D eigenvalue weighted by atomic mass is 16.5. The number of para-hydroxylation sites is 1. The lowest BCUT2D eigenvalue weighted by Crippen LogP contribution is -2.40. The monoisotopic (exact) mass is 530 g/mol. The maximum atomic E-state index is 12.8. The van der Waals surface area contributed by atoms with Gasteiger partial charge >= 0.3 is 5.69 Å². The van der Waals surface area contributed by atoms with E-state index < -0.39 is 0 Å². The van der Waals surface area contributed by atoms with Crippen molar-refractivity contribution in [2.24, 2.45) is 7.05 Å². The first-order valence-corrected chi connectivity index (χ1v) is 13.4. The van der Waals surface area contributed by atoms with Gasteiger partial charge in [-0.3, -0.25) is 18.7 Å². The number of piperidine rings is 1. The molecule has 204 valence electrons. The summed E-state index contributed by atoms with van der Waals surface area (Å²) in [5.41, 5.74) is 3.11. The fourth-order valence-electron chi connectivity index (χ4n) is 5.36. The molecule has 2 aromatic carbocycles. The van der Waals surface area contributed by atoms with Crippen LogP contribution < -0.4 is 20.7 Å². The molecule has 0 radical (unpaired) electrons. The number of likely N-dealkylation sites (tertiary alicyclic amines) is 1.